The molecule has 102 valence electrons. The quantitative estimate of drug-likeness (QED) is 0.882. The fourth-order valence-corrected chi connectivity index (χ4v) is 3.35. The molecule has 2 aromatic rings. The summed E-state index contributed by atoms with van der Waals surface area (Å²) in [5, 5.41) is 3.69. The molecule has 2 aromatic carbocycles. The molecule has 0 fully saturated rings. The molecule has 1 heterocycles. The van der Waals surface area contributed by atoms with Crippen LogP contribution in [0.3, 0.4) is 0 Å². The van der Waals surface area contributed by atoms with Gasteiger partial charge in [-0.25, -0.2) is 0 Å². The Morgan fingerprint density at radius 1 is 1.00 bits per heavy atom. The van der Waals surface area contributed by atoms with Crippen molar-refractivity contribution in [1.29, 1.82) is 0 Å². The minimum Gasteiger partial charge on any atom is -0.493 e. The van der Waals surface area contributed by atoms with Gasteiger partial charge in [0.2, 0.25) is 0 Å². The van der Waals surface area contributed by atoms with E-state index in [-0.39, 0.29) is 0 Å². The van der Waals surface area contributed by atoms with Gasteiger partial charge in [-0.1, -0.05) is 24.3 Å². The molecule has 1 atom stereocenters. The third-order valence-corrected chi connectivity index (χ3v) is 4.40. The Morgan fingerprint density at radius 3 is 2.90 bits per heavy atom. The molecule has 0 amide bonds. The van der Waals surface area contributed by atoms with Crippen LogP contribution in [0.5, 0.6) is 5.75 Å². The van der Waals surface area contributed by atoms with E-state index in [1.54, 1.807) is 0 Å². The summed E-state index contributed by atoms with van der Waals surface area (Å²) in [5.41, 5.74) is 5.57. The molecule has 4 rings (SSSR count). The van der Waals surface area contributed by atoms with E-state index in [4.69, 9.17) is 4.74 Å². The lowest BCUT2D eigenvalue weighted by Gasteiger charge is -2.27. The Bertz CT molecular complexity index is 635. The summed E-state index contributed by atoms with van der Waals surface area (Å²) in [7, 11) is 0. The molecular weight excluding hydrogens is 246 g/mol. The molecule has 0 radical (unpaired) electrons. The van der Waals surface area contributed by atoms with Crippen molar-refractivity contribution in [3.05, 3.63) is 59.2 Å². The maximum Gasteiger partial charge on any atom is 0.124 e. The van der Waals surface area contributed by atoms with Crippen LogP contribution in [0.4, 0.5) is 5.69 Å². The molecule has 20 heavy (non-hydrogen) atoms. The number of fused-ring (bicyclic) bond motifs is 2. The normalized spacial score (nSPS) is 19.9. The van der Waals surface area contributed by atoms with Crippen molar-refractivity contribution < 1.29 is 4.74 Å². The van der Waals surface area contributed by atoms with Gasteiger partial charge < -0.3 is 10.1 Å². The lowest BCUT2D eigenvalue weighted by molar-refractivity contribution is 0.274. The fourth-order valence-electron chi connectivity index (χ4n) is 3.35. The second kappa shape index (κ2) is 4.86. The average molecular weight is 265 g/mol. The van der Waals surface area contributed by atoms with Gasteiger partial charge in [-0.15, -0.1) is 0 Å². The van der Waals surface area contributed by atoms with Gasteiger partial charge in [-0.2, -0.15) is 0 Å². The average Bonchev–Trinajstić information content (AvgIpc) is 2.95. The zero-order valence-electron chi connectivity index (χ0n) is 11.6. The Hall–Kier alpha value is -1.96. The Labute approximate surface area is 119 Å². The maximum atomic E-state index is 5.73. The highest BCUT2D eigenvalue weighted by Gasteiger charge is 2.21. The van der Waals surface area contributed by atoms with Crippen LogP contribution in [0.25, 0.3) is 0 Å². The van der Waals surface area contributed by atoms with Crippen LogP contribution in [0.2, 0.25) is 0 Å². The van der Waals surface area contributed by atoms with Crippen molar-refractivity contribution in [2.45, 2.75) is 31.7 Å². The highest BCUT2D eigenvalue weighted by molar-refractivity contribution is 5.53. The number of hydrogen-bond donors (Lipinski definition) is 1. The van der Waals surface area contributed by atoms with E-state index in [9.17, 15) is 0 Å². The molecule has 0 saturated carbocycles. The van der Waals surface area contributed by atoms with Crippen LogP contribution < -0.4 is 10.1 Å². The molecule has 1 aliphatic heterocycles. The molecule has 0 saturated heterocycles. The molecule has 2 heteroatoms. The summed E-state index contributed by atoms with van der Waals surface area (Å²) in [6.07, 6.45) is 4.80. The molecule has 0 aromatic heterocycles. The van der Waals surface area contributed by atoms with Gasteiger partial charge >= 0.3 is 0 Å². The topological polar surface area (TPSA) is 21.3 Å². The van der Waals surface area contributed by atoms with Crippen molar-refractivity contribution in [1.82, 2.24) is 0 Å². The summed E-state index contributed by atoms with van der Waals surface area (Å²) < 4.78 is 5.73. The molecule has 0 spiro atoms. The van der Waals surface area contributed by atoms with Crippen molar-refractivity contribution in [2.24, 2.45) is 0 Å². The maximum absolute atomic E-state index is 5.73. The number of nitrogens with one attached hydrogen (secondary N) is 1. The first-order valence-electron chi connectivity index (χ1n) is 7.50. The fraction of sp³-hybridized carbons (Fsp3) is 0.333. The summed E-state index contributed by atoms with van der Waals surface area (Å²) >= 11 is 0. The number of hydrogen-bond acceptors (Lipinski definition) is 2. The Balaban J connectivity index is 1.61. The SMILES string of the molecule is c1ccc2c(c1)OCCC2Nc1ccc2c(c1)CCC2. The van der Waals surface area contributed by atoms with Crippen LogP contribution in [0.1, 0.15) is 35.6 Å². The number of aryl methyl sites for hydroxylation is 2. The predicted molar refractivity (Wildman–Crippen MR) is 81.4 cm³/mol. The number of anilines is 1. The van der Waals surface area contributed by atoms with Gasteiger partial charge in [-0.05, 0) is 48.6 Å². The third kappa shape index (κ3) is 2.05. The highest BCUT2D eigenvalue weighted by atomic mass is 16.5. The lowest BCUT2D eigenvalue weighted by atomic mass is 10.00. The van der Waals surface area contributed by atoms with Crippen molar-refractivity contribution in [3.63, 3.8) is 0 Å². The van der Waals surface area contributed by atoms with E-state index in [2.05, 4.69) is 41.7 Å². The van der Waals surface area contributed by atoms with Gasteiger partial charge in [0.1, 0.15) is 5.75 Å². The third-order valence-electron chi connectivity index (χ3n) is 4.40. The first-order chi connectivity index (χ1) is 9.90. The van der Waals surface area contributed by atoms with Gasteiger partial charge in [0.05, 0.1) is 12.6 Å². The van der Waals surface area contributed by atoms with Crippen LogP contribution in [-0.2, 0) is 12.8 Å². The van der Waals surface area contributed by atoms with Gasteiger partial charge in [0, 0.05) is 17.7 Å². The molecule has 2 nitrogen and oxygen atoms in total. The van der Waals surface area contributed by atoms with Gasteiger partial charge in [0.15, 0.2) is 0 Å². The molecule has 1 N–H and O–H groups in total. The summed E-state index contributed by atoms with van der Waals surface area (Å²) in [6, 6.07) is 15.6. The van der Waals surface area contributed by atoms with E-state index in [0.717, 1.165) is 18.8 Å². The summed E-state index contributed by atoms with van der Waals surface area (Å²) in [5.74, 6) is 1.03. The first kappa shape index (κ1) is 11.8. The molecule has 0 bridgehead atoms. The standard InChI is InChI=1S/C18H19NO/c1-2-7-18-16(6-1)17(10-11-20-18)19-15-9-8-13-4-3-5-14(13)12-15/h1-2,6-9,12,17,19H,3-5,10-11H2. The zero-order valence-corrected chi connectivity index (χ0v) is 11.6. The zero-order chi connectivity index (χ0) is 13.4. The monoisotopic (exact) mass is 265 g/mol. The molecule has 1 aliphatic carbocycles. The molecule has 2 aliphatic rings. The summed E-state index contributed by atoms with van der Waals surface area (Å²) in [6.45, 7) is 0.791. The highest BCUT2D eigenvalue weighted by Crippen LogP contribution is 2.35. The number of benzene rings is 2. The molecule has 1 unspecified atom stereocenters. The second-order valence-corrected chi connectivity index (χ2v) is 5.71. The molecular formula is C18H19NO. The largest absolute Gasteiger partial charge is 0.493 e. The van der Waals surface area contributed by atoms with Crippen molar-refractivity contribution in [2.75, 3.05) is 11.9 Å². The van der Waals surface area contributed by atoms with E-state index >= 15 is 0 Å². The first-order valence-corrected chi connectivity index (χ1v) is 7.50. The van der Waals surface area contributed by atoms with Crippen molar-refractivity contribution >= 4 is 5.69 Å². The van der Waals surface area contributed by atoms with E-state index in [0.29, 0.717) is 6.04 Å². The summed E-state index contributed by atoms with van der Waals surface area (Å²) in [4.78, 5) is 0. The Kier molecular flexibility index (Phi) is 2.87. The minimum atomic E-state index is 0.361. The Morgan fingerprint density at radius 2 is 1.90 bits per heavy atom. The van der Waals surface area contributed by atoms with E-state index < -0.39 is 0 Å². The number of rotatable bonds is 2. The van der Waals surface area contributed by atoms with Crippen LogP contribution >= 0.6 is 0 Å². The number of ether oxygens (including phenoxy) is 1. The van der Waals surface area contributed by atoms with E-state index in [1.165, 1.54) is 41.6 Å². The van der Waals surface area contributed by atoms with Gasteiger partial charge in [-0.3, -0.25) is 0 Å². The lowest BCUT2D eigenvalue weighted by Crippen LogP contribution is -2.20. The van der Waals surface area contributed by atoms with Gasteiger partial charge in [0.25, 0.3) is 0 Å². The van der Waals surface area contributed by atoms with Crippen LogP contribution in [-0.4, -0.2) is 6.61 Å². The second-order valence-electron chi connectivity index (χ2n) is 5.71. The predicted octanol–water partition coefficient (Wildman–Crippen LogP) is 4.11. The van der Waals surface area contributed by atoms with Crippen LogP contribution in [0.15, 0.2) is 42.5 Å². The van der Waals surface area contributed by atoms with Crippen molar-refractivity contribution in [3.8, 4) is 5.75 Å². The van der Waals surface area contributed by atoms with E-state index in [1.807, 2.05) is 6.07 Å². The number of para-hydroxylation sites is 1. The van der Waals surface area contributed by atoms with Crippen LogP contribution in [0, 0.1) is 0 Å². The smallest absolute Gasteiger partial charge is 0.124 e. The minimum absolute atomic E-state index is 0.361.